The molecule has 1 unspecified atom stereocenters. The van der Waals surface area contributed by atoms with Gasteiger partial charge in [0.2, 0.25) is 11.8 Å². The van der Waals surface area contributed by atoms with Gasteiger partial charge in [-0.3, -0.25) is 24.1 Å². The number of carbonyl (C=O) groups is 4. The Bertz CT molecular complexity index is 1030. The smallest absolute Gasteiger partial charge is 0.262 e. The summed E-state index contributed by atoms with van der Waals surface area (Å²) in [5.74, 6) is -1.15. The molecule has 1 saturated heterocycles. The van der Waals surface area contributed by atoms with E-state index in [9.17, 15) is 19.2 Å². The van der Waals surface area contributed by atoms with Gasteiger partial charge in [0.25, 0.3) is 11.8 Å². The summed E-state index contributed by atoms with van der Waals surface area (Å²) >= 11 is 0. The quantitative estimate of drug-likeness (QED) is 0.660. The lowest BCUT2D eigenvalue weighted by Gasteiger charge is -2.31. The molecule has 0 N–H and O–H groups in total. The SMILES string of the molecule is CC(C)C(=O)N1CCCN(C(=O)C(Cc2ccccc2)N2C(=O)c3ccccc3C2=O)CC1. The molecule has 7 heteroatoms. The second-order valence-electron chi connectivity index (χ2n) is 8.89. The van der Waals surface area contributed by atoms with Crippen LogP contribution in [0, 0.1) is 5.92 Å². The van der Waals surface area contributed by atoms with Crippen LogP contribution in [0.4, 0.5) is 0 Å². The van der Waals surface area contributed by atoms with Gasteiger partial charge in [-0.15, -0.1) is 0 Å². The summed E-state index contributed by atoms with van der Waals surface area (Å²) < 4.78 is 0. The van der Waals surface area contributed by atoms with Crippen molar-refractivity contribution in [3.8, 4) is 0 Å². The number of imide groups is 1. The summed E-state index contributed by atoms with van der Waals surface area (Å²) in [4.78, 5) is 57.2. The number of amides is 4. The van der Waals surface area contributed by atoms with Gasteiger partial charge < -0.3 is 9.80 Å². The van der Waals surface area contributed by atoms with Crippen LogP contribution in [-0.4, -0.2) is 70.5 Å². The molecule has 2 aromatic carbocycles. The lowest BCUT2D eigenvalue weighted by atomic mass is 10.0. The van der Waals surface area contributed by atoms with E-state index < -0.39 is 17.9 Å². The monoisotopic (exact) mass is 447 g/mol. The summed E-state index contributed by atoms with van der Waals surface area (Å²) in [5, 5.41) is 0. The highest BCUT2D eigenvalue weighted by Gasteiger charge is 2.44. The number of rotatable bonds is 5. The molecule has 2 aliphatic rings. The first-order valence-corrected chi connectivity index (χ1v) is 11.5. The standard InChI is InChI=1S/C26H29N3O4/c1-18(2)23(30)27-13-8-14-28(16-15-27)26(33)22(17-19-9-4-3-5-10-19)29-24(31)20-11-6-7-12-21(20)25(29)32/h3-7,9-12,18,22H,8,13-17H2,1-2H3. The van der Waals surface area contributed by atoms with Gasteiger partial charge in [-0.1, -0.05) is 56.3 Å². The molecule has 0 radical (unpaired) electrons. The fraction of sp³-hybridized carbons (Fsp3) is 0.385. The summed E-state index contributed by atoms with van der Waals surface area (Å²) in [7, 11) is 0. The van der Waals surface area contributed by atoms with Crippen LogP contribution in [0.25, 0.3) is 0 Å². The average Bonchev–Trinajstić information content (AvgIpc) is 2.98. The summed E-state index contributed by atoms with van der Waals surface area (Å²) in [6, 6.07) is 15.2. The topological polar surface area (TPSA) is 78.0 Å². The molecular weight excluding hydrogens is 418 g/mol. The number of carbonyl (C=O) groups excluding carboxylic acids is 4. The fourth-order valence-corrected chi connectivity index (χ4v) is 4.55. The Balaban J connectivity index is 1.60. The number of hydrogen-bond acceptors (Lipinski definition) is 4. The van der Waals surface area contributed by atoms with E-state index in [1.54, 1.807) is 34.1 Å². The van der Waals surface area contributed by atoms with Crippen molar-refractivity contribution in [3.05, 3.63) is 71.3 Å². The fourth-order valence-electron chi connectivity index (χ4n) is 4.55. The minimum atomic E-state index is -0.938. The van der Waals surface area contributed by atoms with Gasteiger partial charge in [-0.2, -0.15) is 0 Å². The van der Waals surface area contributed by atoms with Crippen LogP contribution >= 0.6 is 0 Å². The lowest BCUT2D eigenvalue weighted by Crippen LogP contribution is -2.52. The zero-order chi connectivity index (χ0) is 23.5. The van der Waals surface area contributed by atoms with Gasteiger partial charge in [0, 0.05) is 38.5 Å². The molecule has 2 heterocycles. The van der Waals surface area contributed by atoms with Gasteiger partial charge in [0.05, 0.1) is 11.1 Å². The van der Waals surface area contributed by atoms with Crippen LogP contribution < -0.4 is 0 Å². The third kappa shape index (κ3) is 4.53. The maximum Gasteiger partial charge on any atom is 0.262 e. The molecule has 1 atom stereocenters. The van der Waals surface area contributed by atoms with Crippen molar-refractivity contribution >= 4 is 23.6 Å². The van der Waals surface area contributed by atoms with E-state index in [2.05, 4.69) is 0 Å². The third-order valence-electron chi connectivity index (χ3n) is 6.31. The Morgan fingerprint density at radius 2 is 1.27 bits per heavy atom. The van der Waals surface area contributed by atoms with E-state index in [-0.39, 0.29) is 24.2 Å². The molecular formula is C26H29N3O4. The molecule has 0 saturated carbocycles. The first kappa shape index (κ1) is 22.7. The Hall–Kier alpha value is -3.48. The molecule has 0 aliphatic carbocycles. The van der Waals surface area contributed by atoms with Crippen molar-refractivity contribution in [3.63, 3.8) is 0 Å². The van der Waals surface area contributed by atoms with Crippen molar-refractivity contribution in [2.24, 2.45) is 5.92 Å². The first-order chi connectivity index (χ1) is 15.9. The second-order valence-corrected chi connectivity index (χ2v) is 8.89. The molecule has 2 aromatic rings. The van der Waals surface area contributed by atoms with E-state index in [4.69, 9.17) is 0 Å². The van der Waals surface area contributed by atoms with Crippen molar-refractivity contribution in [1.82, 2.24) is 14.7 Å². The second kappa shape index (κ2) is 9.57. The molecule has 0 aromatic heterocycles. The third-order valence-corrected chi connectivity index (χ3v) is 6.31. The summed E-state index contributed by atoms with van der Waals surface area (Å²) in [5.41, 5.74) is 1.54. The molecule has 2 aliphatic heterocycles. The van der Waals surface area contributed by atoms with E-state index in [1.165, 1.54) is 0 Å². The number of hydrogen-bond donors (Lipinski definition) is 0. The number of fused-ring (bicyclic) bond motifs is 1. The van der Waals surface area contributed by atoms with Crippen LogP contribution in [-0.2, 0) is 16.0 Å². The normalized spacial score (nSPS) is 17.2. The van der Waals surface area contributed by atoms with Crippen LogP contribution in [0.1, 0.15) is 46.5 Å². The van der Waals surface area contributed by atoms with Gasteiger partial charge >= 0.3 is 0 Å². The Morgan fingerprint density at radius 3 is 1.82 bits per heavy atom. The summed E-state index contributed by atoms with van der Waals surface area (Å²) in [6.45, 7) is 5.64. The highest BCUT2D eigenvalue weighted by atomic mass is 16.2. The molecule has 4 amide bonds. The molecule has 0 bridgehead atoms. The zero-order valence-corrected chi connectivity index (χ0v) is 19.1. The Labute approximate surface area is 194 Å². The van der Waals surface area contributed by atoms with Crippen molar-refractivity contribution in [2.75, 3.05) is 26.2 Å². The van der Waals surface area contributed by atoms with Crippen LogP contribution in [0.2, 0.25) is 0 Å². The van der Waals surface area contributed by atoms with Crippen molar-refractivity contribution < 1.29 is 19.2 Å². The maximum absolute atomic E-state index is 13.8. The van der Waals surface area contributed by atoms with Gasteiger partial charge in [-0.25, -0.2) is 0 Å². The Kier molecular flexibility index (Phi) is 6.58. The van der Waals surface area contributed by atoms with E-state index in [1.807, 2.05) is 44.2 Å². The minimum Gasteiger partial charge on any atom is -0.341 e. The van der Waals surface area contributed by atoms with E-state index in [0.717, 1.165) is 10.5 Å². The molecule has 1 fully saturated rings. The van der Waals surface area contributed by atoms with Crippen LogP contribution in [0.5, 0.6) is 0 Å². The molecule has 4 rings (SSSR count). The largest absolute Gasteiger partial charge is 0.341 e. The van der Waals surface area contributed by atoms with E-state index in [0.29, 0.717) is 43.7 Å². The van der Waals surface area contributed by atoms with Gasteiger partial charge in [0.1, 0.15) is 6.04 Å². The predicted molar refractivity (Wildman–Crippen MR) is 123 cm³/mol. The van der Waals surface area contributed by atoms with E-state index >= 15 is 0 Å². The highest BCUT2D eigenvalue weighted by Crippen LogP contribution is 2.27. The molecule has 0 spiro atoms. The molecule has 7 nitrogen and oxygen atoms in total. The maximum atomic E-state index is 13.8. The highest BCUT2D eigenvalue weighted by molar-refractivity contribution is 6.22. The number of benzene rings is 2. The zero-order valence-electron chi connectivity index (χ0n) is 19.1. The molecule has 172 valence electrons. The van der Waals surface area contributed by atoms with Crippen LogP contribution in [0.3, 0.4) is 0 Å². The van der Waals surface area contributed by atoms with Gasteiger partial charge in [-0.05, 0) is 24.1 Å². The lowest BCUT2D eigenvalue weighted by molar-refractivity contribution is -0.137. The minimum absolute atomic E-state index is 0.0745. The van der Waals surface area contributed by atoms with Crippen molar-refractivity contribution in [2.45, 2.75) is 32.7 Å². The van der Waals surface area contributed by atoms with Crippen LogP contribution in [0.15, 0.2) is 54.6 Å². The van der Waals surface area contributed by atoms with Gasteiger partial charge in [0.15, 0.2) is 0 Å². The summed E-state index contributed by atoms with van der Waals surface area (Å²) in [6.07, 6.45) is 0.903. The predicted octanol–water partition coefficient (Wildman–Crippen LogP) is 2.61. The molecule has 33 heavy (non-hydrogen) atoms. The average molecular weight is 448 g/mol. The number of nitrogens with zero attached hydrogens (tertiary/aromatic N) is 3. The Morgan fingerprint density at radius 1 is 0.758 bits per heavy atom. The first-order valence-electron chi connectivity index (χ1n) is 11.5. The van der Waals surface area contributed by atoms with Crippen molar-refractivity contribution in [1.29, 1.82) is 0 Å².